The molecule has 0 aliphatic heterocycles. The van der Waals surface area contributed by atoms with E-state index in [4.69, 9.17) is 51.1 Å². The van der Waals surface area contributed by atoms with Crippen molar-refractivity contribution in [2.75, 3.05) is 0 Å². The molecule has 2 aromatic carbocycles. The first-order valence-electron chi connectivity index (χ1n) is 5.10. The molecule has 0 atom stereocenters. The maximum absolute atomic E-state index is 11.9. The fourth-order valence-electron chi connectivity index (χ4n) is 1.35. The Hall–Kier alpha value is -0.930. The molecule has 0 fully saturated rings. The predicted octanol–water partition coefficient (Wildman–Crippen LogP) is 5.52. The van der Waals surface area contributed by atoms with Crippen molar-refractivity contribution in [1.29, 1.82) is 0 Å². The summed E-state index contributed by atoms with van der Waals surface area (Å²) >= 11 is 23.4. The van der Waals surface area contributed by atoms with Crippen LogP contribution in [0, 0.1) is 0 Å². The van der Waals surface area contributed by atoms with Gasteiger partial charge < -0.3 is 4.74 Å². The standard InChI is InChI=1S/C13H6Cl4O2/c14-8-5-4-7(6-11(8)17)13(18)19-12-9(15)2-1-3-10(12)16/h1-6H. The lowest BCUT2D eigenvalue weighted by Crippen LogP contribution is -2.09. The molecule has 2 rings (SSSR count). The Bertz CT molecular complexity index is 620. The summed E-state index contributed by atoms with van der Waals surface area (Å²) in [5.74, 6) is -0.504. The molecule has 0 N–H and O–H groups in total. The number of carbonyl (C=O) groups is 1. The first-order chi connectivity index (χ1) is 8.99. The monoisotopic (exact) mass is 334 g/mol. The first kappa shape index (κ1) is 14.5. The zero-order chi connectivity index (χ0) is 14.0. The van der Waals surface area contributed by atoms with Crippen LogP contribution in [0.1, 0.15) is 10.4 Å². The third kappa shape index (κ3) is 3.34. The minimum atomic E-state index is -0.617. The normalized spacial score (nSPS) is 10.3. The van der Waals surface area contributed by atoms with Crippen molar-refractivity contribution in [1.82, 2.24) is 0 Å². The molecular formula is C13H6Cl4O2. The van der Waals surface area contributed by atoms with E-state index in [1.165, 1.54) is 18.2 Å². The van der Waals surface area contributed by atoms with Gasteiger partial charge in [-0.15, -0.1) is 0 Å². The number of rotatable bonds is 2. The molecule has 0 heterocycles. The highest BCUT2D eigenvalue weighted by Crippen LogP contribution is 2.33. The summed E-state index contributed by atoms with van der Waals surface area (Å²) in [7, 11) is 0. The van der Waals surface area contributed by atoms with Gasteiger partial charge in [-0.05, 0) is 30.3 Å². The summed E-state index contributed by atoms with van der Waals surface area (Å²) in [5, 5.41) is 1.12. The lowest BCUT2D eigenvalue weighted by atomic mass is 10.2. The van der Waals surface area contributed by atoms with Gasteiger partial charge in [-0.3, -0.25) is 0 Å². The van der Waals surface area contributed by atoms with Crippen LogP contribution >= 0.6 is 46.4 Å². The van der Waals surface area contributed by atoms with E-state index < -0.39 is 5.97 Å². The van der Waals surface area contributed by atoms with Gasteiger partial charge in [0.05, 0.1) is 25.7 Å². The molecule has 0 aliphatic rings. The van der Waals surface area contributed by atoms with Gasteiger partial charge in [0, 0.05) is 0 Å². The summed E-state index contributed by atoms with van der Waals surface area (Å²) in [5.41, 5.74) is 0.255. The fourth-order valence-corrected chi connectivity index (χ4v) is 2.13. The zero-order valence-corrected chi connectivity index (χ0v) is 12.3. The van der Waals surface area contributed by atoms with Crippen molar-refractivity contribution in [2.45, 2.75) is 0 Å². The Kier molecular flexibility index (Phi) is 4.58. The molecule has 2 aromatic rings. The SMILES string of the molecule is O=C(Oc1c(Cl)cccc1Cl)c1ccc(Cl)c(Cl)c1. The number of carbonyl (C=O) groups excluding carboxylic acids is 1. The summed E-state index contributed by atoms with van der Waals surface area (Å²) < 4.78 is 5.15. The molecule has 0 aromatic heterocycles. The predicted molar refractivity (Wildman–Crippen MR) is 77.9 cm³/mol. The van der Waals surface area contributed by atoms with E-state index in [9.17, 15) is 4.79 Å². The van der Waals surface area contributed by atoms with Gasteiger partial charge in [-0.2, -0.15) is 0 Å². The smallest absolute Gasteiger partial charge is 0.343 e. The average Bonchev–Trinajstić information content (AvgIpc) is 2.37. The molecule has 2 nitrogen and oxygen atoms in total. The average molecular weight is 336 g/mol. The molecule has 0 spiro atoms. The molecule has 0 bridgehead atoms. The van der Waals surface area contributed by atoms with Crippen molar-refractivity contribution in [2.24, 2.45) is 0 Å². The van der Waals surface area contributed by atoms with E-state index >= 15 is 0 Å². The quantitative estimate of drug-likeness (QED) is 0.533. The van der Waals surface area contributed by atoms with E-state index in [2.05, 4.69) is 0 Å². The van der Waals surface area contributed by atoms with Crippen molar-refractivity contribution in [3.63, 3.8) is 0 Å². The molecule has 0 radical (unpaired) electrons. The van der Waals surface area contributed by atoms with Crippen molar-refractivity contribution in [3.8, 4) is 5.75 Å². The van der Waals surface area contributed by atoms with Crippen LogP contribution in [-0.2, 0) is 0 Å². The summed E-state index contributed by atoms with van der Waals surface area (Å²) in [4.78, 5) is 11.9. The van der Waals surface area contributed by atoms with Crippen LogP contribution in [-0.4, -0.2) is 5.97 Å². The number of ether oxygens (including phenoxy) is 1. The van der Waals surface area contributed by atoms with Gasteiger partial charge in [0.25, 0.3) is 0 Å². The molecule has 0 saturated heterocycles. The van der Waals surface area contributed by atoms with Gasteiger partial charge >= 0.3 is 5.97 Å². The highest BCUT2D eigenvalue weighted by molar-refractivity contribution is 6.42. The maximum atomic E-state index is 11.9. The number of hydrogen-bond acceptors (Lipinski definition) is 2. The number of esters is 1. The Labute approximate surface area is 129 Å². The highest BCUT2D eigenvalue weighted by atomic mass is 35.5. The van der Waals surface area contributed by atoms with Gasteiger partial charge in [-0.25, -0.2) is 4.79 Å². The van der Waals surface area contributed by atoms with Gasteiger partial charge in [-0.1, -0.05) is 52.5 Å². The van der Waals surface area contributed by atoms with Crippen LogP contribution in [0.15, 0.2) is 36.4 Å². The molecule has 0 unspecified atom stereocenters. The van der Waals surface area contributed by atoms with E-state index in [0.29, 0.717) is 5.02 Å². The topological polar surface area (TPSA) is 26.3 Å². The highest BCUT2D eigenvalue weighted by Gasteiger charge is 2.15. The largest absolute Gasteiger partial charge is 0.420 e. The molecule has 0 amide bonds. The lowest BCUT2D eigenvalue weighted by molar-refractivity contribution is 0.0735. The van der Waals surface area contributed by atoms with Crippen LogP contribution in [0.5, 0.6) is 5.75 Å². The van der Waals surface area contributed by atoms with Gasteiger partial charge in [0.2, 0.25) is 0 Å². The molecule has 98 valence electrons. The lowest BCUT2D eigenvalue weighted by Gasteiger charge is -2.08. The Morgan fingerprint density at radius 3 is 2.05 bits per heavy atom. The third-order valence-electron chi connectivity index (χ3n) is 2.27. The molecule has 6 heteroatoms. The van der Waals surface area contributed by atoms with Crippen LogP contribution in [0.25, 0.3) is 0 Å². The van der Waals surface area contributed by atoms with Crippen LogP contribution in [0.4, 0.5) is 0 Å². The van der Waals surface area contributed by atoms with E-state index in [-0.39, 0.29) is 26.4 Å². The van der Waals surface area contributed by atoms with E-state index in [1.807, 2.05) is 0 Å². The summed E-state index contributed by atoms with van der Waals surface area (Å²) in [6, 6.07) is 9.23. The van der Waals surface area contributed by atoms with Crippen molar-refractivity contribution < 1.29 is 9.53 Å². The first-order valence-corrected chi connectivity index (χ1v) is 6.61. The maximum Gasteiger partial charge on any atom is 0.343 e. The van der Waals surface area contributed by atoms with Crippen LogP contribution < -0.4 is 4.74 Å². The van der Waals surface area contributed by atoms with Crippen LogP contribution in [0.3, 0.4) is 0 Å². The second-order valence-corrected chi connectivity index (χ2v) is 5.20. The number of hydrogen-bond donors (Lipinski definition) is 0. The third-order valence-corrected chi connectivity index (χ3v) is 3.60. The molecular weight excluding hydrogens is 330 g/mol. The zero-order valence-electron chi connectivity index (χ0n) is 9.29. The van der Waals surface area contributed by atoms with E-state index in [0.717, 1.165) is 0 Å². The minimum Gasteiger partial charge on any atom is -0.420 e. The van der Waals surface area contributed by atoms with Gasteiger partial charge in [0.15, 0.2) is 5.75 Å². The number of benzene rings is 2. The van der Waals surface area contributed by atoms with Gasteiger partial charge in [0.1, 0.15) is 0 Å². The number of para-hydroxylation sites is 1. The minimum absolute atomic E-state index is 0.113. The summed E-state index contributed by atoms with van der Waals surface area (Å²) in [6.07, 6.45) is 0. The Balaban J connectivity index is 2.28. The number of halogens is 4. The Morgan fingerprint density at radius 1 is 0.842 bits per heavy atom. The second kappa shape index (κ2) is 6.02. The fraction of sp³-hybridized carbons (Fsp3) is 0. The van der Waals surface area contributed by atoms with Crippen molar-refractivity contribution >= 4 is 52.4 Å². The molecule has 0 saturated carbocycles. The van der Waals surface area contributed by atoms with Crippen molar-refractivity contribution in [3.05, 3.63) is 62.1 Å². The molecule has 19 heavy (non-hydrogen) atoms. The second-order valence-electron chi connectivity index (χ2n) is 3.57. The molecule has 0 aliphatic carbocycles. The van der Waals surface area contributed by atoms with Crippen LogP contribution in [0.2, 0.25) is 20.1 Å². The summed E-state index contributed by atoms with van der Waals surface area (Å²) in [6.45, 7) is 0. The Morgan fingerprint density at radius 2 is 1.47 bits per heavy atom. The van der Waals surface area contributed by atoms with E-state index in [1.54, 1.807) is 18.2 Å².